The van der Waals surface area contributed by atoms with E-state index in [2.05, 4.69) is 209 Å². The average molecular weight is 740 g/mol. The Morgan fingerprint density at radius 1 is 0.500 bits per heavy atom. The van der Waals surface area contributed by atoms with Crippen LogP contribution in [0.1, 0.15) is 5.56 Å². The van der Waals surface area contributed by atoms with Gasteiger partial charge in [0.2, 0.25) is 0 Å². The molecule has 0 bridgehead atoms. The van der Waals surface area contributed by atoms with Crippen molar-refractivity contribution in [2.45, 2.75) is 6.92 Å². The number of para-hydroxylation sites is 5. The van der Waals surface area contributed by atoms with Gasteiger partial charge in [-0.1, -0.05) is 127 Å². The summed E-state index contributed by atoms with van der Waals surface area (Å²) in [5, 5.41) is 7.39. The van der Waals surface area contributed by atoms with E-state index >= 15 is 0 Å². The summed E-state index contributed by atoms with van der Waals surface area (Å²) in [6.45, 7) is 2.17. The first-order valence-electron chi connectivity index (χ1n) is 20.1. The number of rotatable bonds is 4. The van der Waals surface area contributed by atoms with Gasteiger partial charge >= 0.3 is 6.85 Å². The zero-order chi connectivity index (χ0) is 38.1. The number of furan rings is 1. The number of fused-ring (bicyclic) bond motifs is 12. The number of nitrogens with zero attached hydrogens (tertiary/aromatic N) is 3. The number of aromatic nitrogens is 1. The van der Waals surface area contributed by atoms with E-state index in [0.29, 0.717) is 0 Å². The monoisotopic (exact) mass is 739 g/mol. The Labute approximate surface area is 335 Å². The van der Waals surface area contributed by atoms with Crippen molar-refractivity contribution >= 4 is 106 Å². The van der Waals surface area contributed by atoms with E-state index in [4.69, 9.17) is 4.42 Å². The highest BCUT2D eigenvalue weighted by Gasteiger charge is 2.43. The molecule has 11 aromatic rings. The molecular weight excluding hydrogens is 705 g/mol. The van der Waals surface area contributed by atoms with Gasteiger partial charge in [0.15, 0.2) is 5.58 Å². The molecule has 0 saturated carbocycles. The van der Waals surface area contributed by atoms with Crippen LogP contribution in [0.4, 0.5) is 34.1 Å². The summed E-state index contributed by atoms with van der Waals surface area (Å²) in [4.78, 5) is 4.86. The fourth-order valence-corrected chi connectivity index (χ4v) is 10.2. The topological polar surface area (TPSA) is 24.6 Å². The summed E-state index contributed by atoms with van der Waals surface area (Å²) < 4.78 is 9.49. The van der Waals surface area contributed by atoms with Gasteiger partial charge in [-0.3, -0.25) is 0 Å². The van der Waals surface area contributed by atoms with Crippen LogP contribution in [0.15, 0.2) is 192 Å². The molecule has 0 aliphatic carbocycles. The number of anilines is 6. The van der Waals surface area contributed by atoms with Gasteiger partial charge in [0, 0.05) is 66.6 Å². The SMILES string of the molecule is Cc1cc2c3c(c1)N(c1cccc4c1oc1ccccc14)c1cc(N(c4ccccc4)c4ccccc4)ccc1B3n1c3ccc4ccccc4c3c3cccc-2c31. The summed E-state index contributed by atoms with van der Waals surface area (Å²) in [5.74, 6) is 0. The van der Waals surface area contributed by atoms with Crippen LogP contribution in [0.3, 0.4) is 0 Å². The predicted octanol–water partition coefficient (Wildman–Crippen LogP) is 13.0. The third-order valence-corrected chi connectivity index (χ3v) is 12.5. The smallest absolute Gasteiger partial charge is 0.333 e. The van der Waals surface area contributed by atoms with Crippen molar-refractivity contribution in [2.75, 3.05) is 9.80 Å². The van der Waals surface area contributed by atoms with Crippen molar-refractivity contribution in [3.05, 3.63) is 194 Å². The molecule has 4 heterocycles. The molecule has 5 heteroatoms. The summed E-state index contributed by atoms with van der Waals surface area (Å²) in [6, 6.07) is 68.7. The molecule has 0 N–H and O–H groups in total. The lowest BCUT2D eigenvalue weighted by molar-refractivity contribution is 0.669. The van der Waals surface area contributed by atoms with E-state index in [0.717, 1.165) is 50.4 Å². The molecular formula is C53H34BN3O. The average Bonchev–Trinajstić information content (AvgIpc) is 3.83. The molecule has 0 saturated heterocycles. The van der Waals surface area contributed by atoms with Gasteiger partial charge in [-0.15, -0.1) is 0 Å². The molecule has 270 valence electrons. The van der Waals surface area contributed by atoms with E-state index in [1.54, 1.807) is 0 Å². The first kappa shape index (κ1) is 31.7. The van der Waals surface area contributed by atoms with Crippen LogP contribution in [0.5, 0.6) is 0 Å². The lowest BCUT2D eigenvalue weighted by Crippen LogP contribution is -2.56. The lowest BCUT2D eigenvalue weighted by atomic mass is 9.45. The summed E-state index contributed by atoms with van der Waals surface area (Å²) in [6.07, 6.45) is 0. The van der Waals surface area contributed by atoms with Crippen molar-refractivity contribution in [1.29, 1.82) is 0 Å². The van der Waals surface area contributed by atoms with E-state index in [-0.39, 0.29) is 6.85 Å². The largest absolute Gasteiger partial charge is 0.454 e. The molecule has 0 unspecified atom stereocenters. The second-order valence-electron chi connectivity index (χ2n) is 15.7. The first-order valence-corrected chi connectivity index (χ1v) is 20.1. The standard InChI is InChI=1S/C53H34BN3O/c1-33-30-43-40-21-12-23-42-50-38-19-9-8-14-34(38)26-29-45(50)57(52(40)42)54-44-28-27-37(55(35-15-4-2-5-16-35)36-17-6-3-7-18-36)32-47(44)56(48(31-33)51(43)54)46-24-13-22-41-39-20-10-11-25-49(39)58-53(41)46/h2-32H,1H3. The second-order valence-corrected chi connectivity index (χ2v) is 15.7. The van der Waals surface area contributed by atoms with Crippen LogP contribution in [-0.2, 0) is 0 Å². The van der Waals surface area contributed by atoms with Gasteiger partial charge < -0.3 is 18.7 Å². The first-order chi connectivity index (χ1) is 28.7. The van der Waals surface area contributed by atoms with E-state index in [1.165, 1.54) is 65.9 Å². The minimum atomic E-state index is -0.0706. The van der Waals surface area contributed by atoms with Crippen molar-refractivity contribution < 1.29 is 4.42 Å². The predicted molar refractivity (Wildman–Crippen MR) is 244 cm³/mol. The highest BCUT2D eigenvalue weighted by atomic mass is 16.3. The second kappa shape index (κ2) is 11.8. The highest BCUT2D eigenvalue weighted by Crippen LogP contribution is 2.49. The number of benzene rings is 9. The van der Waals surface area contributed by atoms with E-state index in [9.17, 15) is 0 Å². The number of hydrogen-bond acceptors (Lipinski definition) is 3. The van der Waals surface area contributed by atoms with Gasteiger partial charge in [-0.2, -0.15) is 0 Å². The van der Waals surface area contributed by atoms with Crippen molar-refractivity contribution in [3.8, 4) is 11.1 Å². The van der Waals surface area contributed by atoms with Gasteiger partial charge in [0.1, 0.15) is 5.58 Å². The molecule has 2 aliphatic heterocycles. The quantitative estimate of drug-likeness (QED) is 0.168. The number of aryl methyl sites for hydroxylation is 1. The van der Waals surface area contributed by atoms with Crippen molar-refractivity contribution in [1.82, 2.24) is 4.48 Å². The summed E-state index contributed by atoms with van der Waals surface area (Å²) in [5.41, 5.74) is 17.3. The van der Waals surface area contributed by atoms with Crippen LogP contribution in [0.2, 0.25) is 0 Å². The molecule has 13 rings (SSSR count). The Morgan fingerprint density at radius 2 is 1.21 bits per heavy atom. The summed E-state index contributed by atoms with van der Waals surface area (Å²) in [7, 11) is 0. The fourth-order valence-electron chi connectivity index (χ4n) is 10.2. The zero-order valence-electron chi connectivity index (χ0n) is 31.7. The van der Waals surface area contributed by atoms with Crippen LogP contribution in [0.25, 0.3) is 65.6 Å². The van der Waals surface area contributed by atoms with Crippen LogP contribution >= 0.6 is 0 Å². The third kappa shape index (κ3) is 4.25. The van der Waals surface area contributed by atoms with Crippen LogP contribution in [-0.4, -0.2) is 11.3 Å². The van der Waals surface area contributed by atoms with Crippen molar-refractivity contribution in [3.63, 3.8) is 0 Å². The highest BCUT2D eigenvalue weighted by molar-refractivity contribution is 6.90. The molecule has 0 amide bonds. The molecule has 4 nitrogen and oxygen atoms in total. The molecule has 2 aromatic heterocycles. The lowest BCUT2D eigenvalue weighted by Gasteiger charge is -2.41. The summed E-state index contributed by atoms with van der Waals surface area (Å²) >= 11 is 0. The van der Waals surface area contributed by atoms with Crippen LogP contribution < -0.4 is 20.7 Å². The van der Waals surface area contributed by atoms with Gasteiger partial charge in [-0.05, 0) is 100 Å². The van der Waals surface area contributed by atoms with E-state index in [1.807, 2.05) is 0 Å². The zero-order valence-corrected chi connectivity index (χ0v) is 31.7. The molecule has 2 aliphatic rings. The number of hydrogen-bond donors (Lipinski definition) is 0. The van der Waals surface area contributed by atoms with Gasteiger partial charge in [-0.25, -0.2) is 0 Å². The molecule has 9 aromatic carbocycles. The van der Waals surface area contributed by atoms with E-state index < -0.39 is 0 Å². The molecule has 0 fully saturated rings. The van der Waals surface area contributed by atoms with Crippen LogP contribution in [0, 0.1) is 6.92 Å². The minimum Gasteiger partial charge on any atom is -0.454 e. The van der Waals surface area contributed by atoms with Gasteiger partial charge in [0.25, 0.3) is 0 Å². The molecule has 0 atom stereocenters. The molecule has 58 heavy (non-hydrogen) atoms. The van der Waals surface area contributed by atoms with Gasteiger partial charge in [0.05, 0.1) is 5.69 Å². The molecule has 0 radical (unpaired) electrons. The minimum absolute atomic E-state index is 0.0706. The Morgan fingerprint density at radius 3 is 2.03 bits per heavy atom. The molecule has 0 spiro atoms. The Bertz CT molecular complexity index is 3460. The third-order valence-electron chi connectivity index (χ3n) is 12.5. The Kier molecular flexibility index (Phi) is 6.43. The maximum absolute atomic E-state index is 6.84. The normalized spacial score (nSPS) is 12.8. The fraction of sp³-hybridized carbons (Fsp3) is 0.0189. The maximum atomic E-state index is 6.84. The Hall–Kier alpha value is -7.50. The maximum Gasteiger partial charge on any atom is 0.333 e. The van der Waals surface area contributed by atoms with Crippen molar-refractivity contribution in [2.24, 2.45) is 0 Å². The Balaban J connectivity index is 1.17.